The van der Waals surface area contributed by atoms with E-state index in [0.717, 1.165) is 12.0 Å². The molecule has 1 aromatic rings. The van der Waals surface area contributed by atoms with Crippen LogP contribution >= 0.6 is 0 Å². The van der Waals surface area contributed by atoms with Crippen LogP contribution in [0.25, 0.3) is 0 Å². The highest BCUT2D eigenvalue weighted by Gasteiger charge is 2.37. The van der Waals surface area contributed by atoms with Gasteiger partial charge in [-0.15, -0.1) is 0 Å². The van der Waals surface area contributed by atoms with Crippen LogP contribution in [0.2, 0.25) is 0 Å². The Morgan fingerprint density at radius 1 is 1.36 bits per heavy atom. The fourth-order valence-electron chi connectivity index (χ4n) is 2.76. The van der Waals surface area contributed by atoms with Crippen LogP contribution in [0.4, 0.5) is 0 Å². The molecule has 5 nitrogen and oxygen atoms in total. The van der Waals surface area contributed by atoms with E-state index in [1.807, 2.05) is 35.2 Å². The summed E-state index contributed by atoms with van der Waals surface area (Å²) in [6.07, 6.45) is 1.26. The Morgan fingerprint density at radius 2 is 2.05 bits per heavy atom. The van der Waals surface area contributed by atoms with E-state index in [0.29, 0.717) is 26.1 Å². The summed E-state index contributed by atoms with van der Waals surface area (Å²) in [4.78, 5) is 26.5. The Kier molecular flexibility index (Phi) is 5.19. The first-order chi connectivity index (χ1) is 10.5. The lowest BCUT2D eigenvalue weighted by Crippen LogP contribution is -2.43. The molecule has 1 aliphatic rings. The second-order valence-electron chi connectivity index (χ2n) is 6.29. The van der Waals surface area contributed by atoms with Gasteiger partial charge in [0, 0.05) is 19.5 Å². The fraction of sp³-hybridized carbons (Fsp3) is 0.529. The lowest BCUT2D eigenvalue weighted by atomic mass is 9.90. The quantitative estimate of drug-likeness (QED) is 0.864. The summed E-state index contributed by atoms with van der Waals surface area (Å²) in [6, 6.07) is 8.78. The maximum Gasteiger partial charge on any atom is 0.249 e. The van der Waals surface area contributed by atoms with Crippen molar-refractivity contribution in [1.29, 1.82) is 0 Å². The first kappa shape index (κ1) is 16.5. The van der Waals surface area contributed by atoms with Gasteiger partial charge >= 0.3 is 0 Å². The molecule has 0 saturated carbocycles. The van der Waals surface area contributed by atoms with Gasteiger partial charge in [0.25, 0.3) is 0 Å². The monoisotopic (exact) mass is 303 g/mol. The summed E-state index contributed by atoms with van der Waals surface area (Å²) in [5.41, 5.74) is 6.61. The molecule has 2 rings (SSSR count). The summed E-state index contributed by atoms with van der Waals surface area (Å²) < 4.78 is 0. The normalized spacial score (nSPS) is 22.4. The minimum Gasteiger partial charge on any atom is -0.341 e. The third kappa shape index (κ3) is 3.65. The van der Waals surface area contributed by atoms with Crippen LogP contribution in [0.3, 0.4) is 0 Å². The molecule has 0 radical (unpaired) electrons. The van der Waals surface area contributed by atoms with Gasteiger partial charge in [-0.2, -0.15) is 0 Å². The molecule has 22 heavy (non-hydrogen) atoms. The van der Waals surface area contributed by atoms with Crippen molar-refractivity contribution in [3.8, 4) is 0 Å². The number of benzene rings is 1. The van der Waals surface area contributed by atoms with Crippen molar-refractivity contribution < 1.29 is 9.59 Å². The smallest absolute Gasteiger partial charge is 0.249 e. The number of carbonyl (C=O) groups excluding carboxylic acids is 2. The molecule has 2 amide bonds. The Balaban J connectivity index is 2.18. The molecular weight excluding hydrogens is 278 g/mol. The Labute approximate surface area is 131 Å². The maximum atomic E-state index is 12.9. The number of nitrogens with two attached hydrogens (primary N) is 1. The first-order valence-electron chi connectivity index (χ1n) is 7.82. The number of hydrogen-bond donors (Lipinski definition) is 2. The lowest BCUT2D eigenvalue weighted by Gasteiger charge is -2.27. The van der Waals surface area contributed by atoms with Crippen LogP contribution in [-0.2, 0) is 9.59 Å². The lowest BCUT2D eigenvalue weighted by molar-refractivity contribution is -0.136. The molecule has 1 saturated heterocycles. The van der Waals surface area contributed by atoms with Gasteiger partial charge in [-0.25, -0.2) is 0 Å². The molecule has 0 aromatic heterocycles. The van der Waals surface area contributed by atoms with Gasteiger partial charge < -0.3 is 16.0 Å². The summed E-state index contributed by atoms with van der Waals surface area (Å²) in [6.45, 7) is 5.78. The molecular formula is C17H25N3O2. The topological polar surface area (TPSA) is 75.4 Å². The van der Waals surface area contributed by atoms with Gasteiger partial charge in [0.05, 0.1) is 0 Å². The number of amides is 2. The average molecular weight is 303 g/mol. The van der Waals surface area contributed by atoms with Crippen molar-refractivity contribution in [3.05, 3.63) is 35.9 Å². The second kappa shape index (κ2) is 6.92. The highest BCUT2D eigenvalue weighted by Crippen LogP contribution is 2.30. The van der Waals surface area contributed by atoms with E-state index >= 15 is 0 Å². The van der Waals surface area contributed by atoms with Crippen LogP contribution in [-0.4, -0.2) is 36.3 Å². The van der Waals surface area contributed by atoms with Crippen LogP contribution in [0.15, 0.2) is 30.3 Å². The molecule has 1 heterocycles. The largest absolute Gasteiger partial charge is 0.341 e. The van der Waals surface area contributed by atoms with E-state index in [9.17, 15) is 9.59 Å². The second-order valence-corrected chi connectivity index (χ2v) is 6.29. The van der Waals surface area contributed by atoms with Gasteiger partial charge in [-0.05, 0) is 23.9 Å². The Hall–Kier alpha value is -1.88. The molecule has 0 spiro atoms. The molecule has 120 valence electrons. The Morgan fingerprint density at radius 3 is 2.59 bits per heavy atom. The zero-order valence-corrected chi connectivity index (χ0v) is 13.3. The zero-order chi connectivity index (χ0) is 16.2. The Bertz CT molecular complexity index is 532. The molecule has 0 aliphatic carbocycles. The first-order valence-corrected chi connectivity index (χ1v) is 7.82. The minimum absolute atomic E-state index is 0.0222. The standard InChI is InChI=1S/C17H25N3O2/c1-3-14(21)19-15(13-7-5-4-6-8-13)16(22)20-10-9-17(2,11-18)12-20/h4-8,15H,3,9-12,18H2,1-2H3,(H,19,21). The molecule has 1 fully saturated rings. The van der Waals surface area contributed by atoms with E-state index in [2.05, 4.69) is 12.2 Å². The van der Waals surface area contributed by atoms with Crippen molar-refractivity contribution in [2.24, 2.45) is 11.1 Å². The number of nitrogens with one attached hydrogen (secondary N) is 1. The van der Waals surface area contributed by atoms with Crippen LogP contribution in [0, 0.1) is 5.41 Å². The number of nitrogens with zero attached hydrogens (tertiary/aromatic N) is 1. The highest BCUT2D eigenvalue weighted by atomic mass is 16.2. The predicted octanol–water partition coefficient (Wildman–Crippen LogP) is 1.45. The van der Waals surface area contributed by atoms with Crippen molar-refractivity contribution in [2.45, 2.75) is 32.7 Å². The van der Waals surface area contributed by atoms with Crippen molar-refractivity contribution in [2.75, 3.05) is 19.6 Å². The molecule has 1 aromatic carbocycles. The van der Waals surface area contributed by atoms with E-state index in [-0.39, 0.29) is 17.2 Å². The van der Waals surface area contributed by atoms with Crippen LogP contribution in [0.5, 0.6) is 0 Å². The number of hydrogen-bond acceptors (Lipinski definition) is 3. The van der Waals surface area contributed by atoms with E-state index < -0.39 is 6.04 Å². The molecule has 2 unspecified atom stereocenters. The highest BCUT2D eigenvalue weighted by molar-refractivity contribution is 5.88. The number of likely N-dealkylation sites (tertiary alicyclic amines) is 1. The van der Waals surface area contributed by atoms with E-state index in [4.69, 9.17) is 5.73 Å². The van der Waals surface area contributed by atoms with Gasteiger partial charge in [0.2, 0.25) is 11.8 Å². The molecule has 2 atom stereocenters. The number of carbonyl (C=O) groups is 2. The van der Waals surface area contributed by atoms with Crippen molar-refractivity contribution in [3.63, 3.8) is 0 Å². The van der Waals surface area contributed by atoms with Crippen molar-refractivity contribution >= 4 is 11.8 Å². The minimum atomic E-state index is -0.617. The van der Waals surface area contributed by atoms with Gasteiger partial charge in [0.15, 0.2) is 0 Å². The summed E-state index contributed by atoms with van der Waals surface area (Å²) >= 11 is 0. The maximum absolute atomic E-state index is 12.9. The number of rotatable bonds is 5. The summed E-state index contributed by atoms with van der Waals surface area (Å²) in [5.74, 6) is -0.173. The molecule has 3 N–H and O–H groups in total. The summed E-state index contributed by atoms with van der Waals surface area (Å²) in [5, 5.41) is 2.84. The van der Waals surface area contributed by atoms with Gasteiger partial charge in [-0.1, -0.05) is 44.2 Å². The third-order valence-corrected chi connectivity index (χ3v) is 4.37. The van der Waals surface area contributed by atoms with E-state index in [1.165, 1.54) is 0 Å². The molecule has 1 aliphatic heterocycles. The van der Waals surface area contributed by atoms with Crippen LogP contribution < -0.4 is 11.1 Å². The molecule has 0 bridgehead atoms. The van der Waals surface area contributed by atoms with Crippen molar-refractivity contribution in [1.82, 2.24) is 10.2 Å². The SMILES string of the molecule is CCC(=O)NC(C(=O)N1CCC(C)(CN)C1)c1ccccc1. The predicted molar refractivity (Wildman–Crippen MR) is 86.0 cm³/mol. The third-order valence-electron chi connectivity index (χ3n) is 4.37. The zero-order valence-electron chi connectivity index (χ0n) is 13.3. The average Bonchev–Trinajstić information content (AvgIpc) is 2.95. The van der Waals surface area contributed by atoms with Gasteiger partial charge in [0.1, 0.15) is 6.04 Å². The van der Waals surface area contributed by atoms with Gasteiger partial charge in [-0.3, -0.25) is 9.59 Å². The molecule has 5 heteroatoms. The van der Waals surface area contributed by atoms with E-state index in [1.54, 1.807) is 6.92 Å². The summed E-state index contributed by atoms with van der Waals surface area (Å²) in [7, 11) is 0. The van der Waals surface area contributed by atoms with Crippen LogP contribution in [0.1, 0.15) is 38.3 Å². The fourth-order valence-corrected chi connectivity index (χ4v) is 2.76.